The van der Waals surface area contributed by atoms with Gasteiger partial charge >= 0.3 is 0 Å². The van der Waals surface area contributed by atoms with Gasteiger partial charge in [-0.15, -0.1) is 0 Å². The van der Waals surface area contributed by atoms with Crippen LogP contribution in [0.15, 0.2) is 42.6 Å². The minimum Gasteiger partial charge on any atom is -0.493 e. The van der Waals surface area contributed by atoms with Crippen LogP contribution in [0.25, 0.3) is 22.0 Å². The van der Waals surface area contributed by atoms with Crippen molar-refractivity contribution in [2.24, 2.45) is 0 Å². The molecule has 1 fully saturated rings. The number of halogens is 1. The van der Waals surface area contributed by atoms with E-state index < -0.39 is 0 Å². The molecule has 1 aromatic heterocycles. The highest BCUT2D eigenvalue weighted by Gasteiger charge is 2.26. The van der Waals surface area contributed by atoms with E-state index in [1.807, 2.05) is 42.6 Å². The molecule has 2 aromatic carbocycles. The van der Waals surface area contributed by atoms with Crippen LogP contribution in [0.1, 0.15) is 30.7 Å². The van der Waals surface area contributed by atoms with Crippen LogP contribution < -0.4 is 4.74 Å². The number of methoxy groups -OCH3 is 1. The molecule has 22 heavy (non-hydrogen) atoms. The van der Waals surface area contributed by atoms with E-state index in [9.17, 15) is 4.39 Å². The summed E-state index contributed by atoms with van der Waals surface area (Å²) in [5.41, 5.74) is 3.55. The average molecular weight is 295 g/mol. The zero-order valence-corrected chi connectivity index (χ0v) is 12.5. The first-order valence-corrected chi connectivity index (χ1v) is 7.72. The molecule has 1 saturated carbocycles. The smallest absolute Gasteiger partial charge is 0.173 e. The van der Waals surface area contributed by atoms with E-state index in [0.717, 1.165) is 34.9 Å². The molecule has 2 nitrogen and oxygen atoms in total. The Morgan fingerprint density at radius 2 is 2.00 bits per heavy atom. The van der Waals surface area contributed by atoms with Crippen LogP contribution in [-0.4, -0.2) is 12.1 Å². The molecular formula is C19H18FNO. The molecule has 1 heterocycles. The molecular weight excluding hydrogens is 277 g/mol. The second kappa shape index (κ2) is 5.16. The third-order valence-corrected chi connectivity index (χ3v) is 4.74. The summed E-state index contributed by atoms with van der Waals surface area (Å²) >= 11 is 0. The molecule has 0 aliphatic heterocycles. The minimum absolute atomic E-state index is 0.248. The Morgan fingerprint density at radius 3 is 2.73 bits per heavy atom. The zero-order valence-electron chi connectivity index (χ0n) is 12.5. The minimum atomic E-state index is -0.248. The fourth-order valence-electron chi connectivity index (χ4n) is 3.26. The third-order valence-electron chi connectivity index (χ3n) is 4.74. The number of hydrogen-bond acceptors (Lipinski definition) is 1. The van der Waals surface area contributed by atoms with Crippen molar-refractivity contribution in [2.45, 2.75) is 25.2 Å². The van der Waals surface area contributed by atoms with E-state index in [-0.39, 0.29) is 5.82 Å². The monoisotopic (exact) mass is 295 g/mol. The molecule has 4 rings (SSSR count). The van der Waals surface area contributed by atoms with E-state index in [1.54, 1.807) is 7.11 Å². The van der Waals surface area contributed by atoms with Crippen molar-refractivity contribution in [1.82, 2.24) is 4.98 Å². The number of nitrogens with one attached hydrogen (secondary N) is 1. The quantitative estimate of drug-likeness (QED) is 0.701. The Balaban J connectivity index is 1.83. The lowest BCUT2D eigenvalue weighted by Gasteiger charge is -2.28. The van der Waals surface area contributed by atoms with E-state index in [2.05, 4.69) is 4.98 Å². The van der Waals surface area contributed by atoms with Crippen molar-refractivity contribution in [3.8, 4) is 16.9 Å². The molecule has 112 valence electrons. The molecule has 3 aromatic rings. The van der Waals surface area contributed by atoms with Crippen LogP contribution in [0, 0.1) is 5.82 Å². The molecule has 0 spiro atoms. The summed E-state index contributed by atoms with van der Waals surface area (Å²) in [7, 11) is 1.56. The largest absolute Gasteiger partial charge is 0.493 e. The summed E-state index contributed by atoms with van der Waals surface area (Å²) in [6, 6.07) is 11.8. The van der Waals surface area contributed by atoms with Crippen LogP contribution in [0.4, 0.5) is 4.39 Å². The van der Waals surface area contributed by atoms with Gasteiger partial charge in [-0.2, -0.15) is 0 Å². The van der Waals surface area contributed by atoms with Crippen LogP contribution in [0.5, 0.6) is 5.75 Å². The lowest BCUT2D eigenvalue weighted by Crippen LogP contribution is -2.11. The van der Waals surface area contributed by atoms with Crippen molar-refractivity contribution in [2.75, 3.05) is 7.11 Å². The Bertz CT molecular complexity index is 833. The molecule has 0 atom stereocenters. The van der Waals surface area contributed by atoms with Gasteiger partial charge in [0.05, 0.1) is 7.11 Å². The fourth-order valence-corrected chi connectivity index (χ4v) is 3.26. The van der Waals surface area contributed by atoms with Gasteiger partial charge in [-0.3, -0.25) is 0 Å². The first-order valence-electron chi connectivity index (χ1n) is 7.72. The number of fused-ring (bicyclic) bond motifs is 1. The molecule has 1 aliphatic rings. The molecule has 0 saturated heterocycles. The summed E-state index contributed by atoms with van der Waals surface area (Å²) in [5, 5.41) is 1.08. The first-order chi connectivity index (χ1) is 10.8. The third kappa shape index (κ3) is 2.00. The van der Waals surface area contributed by atoms with Crippen molar-refractivity contribution in [3.63, 3.8) is 0 Å². The normalized spacial score (nSPS) is 15.0. The van der Waals surface area contributed by atoms with Gasteiger partial charge in [0.25, 0.3) is 0 Å². The summed E-state index contributed by atoms with van der Waals surface area (Å²) < 4.78 is 20.3. The molecule has 0 unspecified atom stereocenters. The fraction of sp³-hybridized carbons (Fsp3) is 0.263. The van der Waals surface area contributed by atoms with Crippen LogP contribution in [0.3, 0.4) is 0 Å². The average Bonchev–Trinajstić information content (AvgIpc) is 2.93. The topological polar surface area (TPSA) is 25.0 Å². The van der Waals surface area contributed by atoms with Crippen molar-refractivity contribution >= 4 is 10.9 Å². The number of ether oxygens (including phenoxy) is 1. The lowest BCUT2D eigenvalue weighted by atomic mass is 9.79. The van der Waals surface area contributed by atoms with E-state index in [1.165, 1.54) is 6.42 Å². The number of aromatic nitrogens is 1. The van der Waals surface area contributed by atoms with Gasteiger partial charge in [0.1, 0.15) is 0 Å². The van der Waals surface area contributed by atoms with Gasteiger partial charge < -0.3 is 9.72 Å². The maximum atomic E-state index is 14.9. The summed E-state index contributed by atoms with van der Waals surface area (Å²) in [4.78, 5) is 3.16. The van der Waals surface area contributed by atoms with E-state index >= 15 is 0 Å². The lowest BCUT2D eigenvalue weighted by molar-refractivity contribution is 0.355. The molecule has 3 heteroatoms. The van der Waals surface area contributed by atoms with Gasteiger partial charge in [-0.05, 0) is 47.9 Å². The Hall–Kier alpha value is -2.29. The second-order valence-electron chi connectivity index (χ2n) is 5.96. The summed E-state index contributed by atoms with van der Waals surface area (Å²) in [6.45, 7) is 0. The molecule has 1 N–H and O–H groups in total. The predicted molar refractivity (Wildman–Crippen MR) is 86.8 cm³/mol. The Kier molecular flexibility index (Phi) is 3.14. The molecule has 0 amide bonds. The Morgan fingerprint density at radius 1 is 1.14 bits per heavy atom. The van der Waals surface area contributed by atoms with Gasteiger partial charge in [0.15, 0.2) is 11.6 Å². The number of hydrogen-bond donors (Lipinski definition) is 1. The zero-order chi connectivity index (χ0) is 15.1. The molecule has 1 aliphatic carbocycles. The predicted octanol–water partition coefficient (Wildman–Crippen LogP) is 5.25. The van der Waals surface area contributed by atoms with Crippen LogP contribution in [-0.2, 0) is 0 Å². The molecule has 0 radical (unpaired) electrons. The highest BCUT2D eigenvalue weighted by molar-refractivity contribution is 5.85. The SMILES string of the molecule is COc1c(C2CCC2)ccc(-c2ccc3[nH]ccc3c2)c1F. The van der Waals surface area contributed by atoms with Gasteiger partial charge in [0, 0.05) is 22.8 Å². The first kappa shape index (κ1) is 13.4. The van der Waals surface area contributed by atoms with Crippen LogP contribution in [0.2, 0.25) is 0 Å². The van der Waals surface area contributed by atoms with Gasteiger partial charge in [0.2, 0.25) is 0 Å². The number of benzene rings is 2. The molecule has 0 bridgehead atoms. The second-order valence-corrected chi connectivity index (χ2v) is 5.96. The summed E-state index contributed by atoms with van der Waals surface area (Å²) in [6.07, 6.45) is 5.38. The summed E-state index contributed by atoms with van der Waals surface area (Å²) in [5.74, 6) is 0.615. The maximum absolute atomic E-state index is 14.9. The van der Waals surface area contributed by atoms with Crippen molar-refractivity contribution < 1.29 is 9.13 Å². The number of aromatic amines is 1. The maximum Gasteiger partial charge on any atom is 0.173 e. The number of H-pyrrole nitrogens is 1. The highest BCUT2D eigenvalue weighted by atomic mass is 19.1. The Labute approximate surface area is 128 Å². The van der Waals surface area contributed by atoms with Crippen molar-refractivity contribution in [3.05, 3.63) is 54.0 Å². The van der Waals surface area contributed by atoms with E-state index in [0.29, 0.717) is 17.2 Å². The highest BCUT2D eigenvalue weighted by Crippen LogP contribution is 2.43. The van der Waals surface area contributed by atoms with E-state index in [4.69, 9.17) is 4.74 Å². The van der Waals surface area contributed by atoms with Crippen LogP contribution >= 0.6 is 0 Å². The van der Waals surface area contributed by atoms with Gasteiger partial charge in [-0.25, -0.2) is 4.39 Å². The van der Waals surface area contributed by atoms with Gasteiger partial charge in [-0.1, -0.05) is 24.6 Å². The number of rotatable bonds is 3. The van der Waals surface area contributed by atoms with Crippen molar-refractivity contribution in [1.29, 1.82) is 0 Å². The standard InChI is InChI=1S/C19H18FNO/c1-22-19-16(12-3-2-4-12)7-6-15(18(19)20)13-5-8-17-14(11-13)9-10-21-17/h5-12,21H,2-4H2,1H3.